The smallest absolute Gasteiger partial charge is 0.422 e. The van der Waals surface area contributed by atoms with Gasteiger partial charge in [-0.2, -0.15) is 13.2 Å². The first-order valence-corrected chi connectivity index (χ1v) is 13.2. The average Bonchev–Trinajstić information content (AvgIpc) is 3.74. The van der Waals surface area contributed by atoms with Crippen molar-refractivity contribution >= 4 is 5.78 Å². The molecule has 0 spiro atoms. The van der Waals surface area contributed by atoms with Crippen LogP contribution in [0.4, 0.5) is 17.6 Å². The minimum atomic E-state index is -5.19. The van der Waals surface area contributed by atoms with Crippen molar-refractivity contribution in [2.75, 3.05) is 13.2 Å². The van der Waals surface area contributed by atoms with Gasteiger partial charge in [0.25, 0.3) is 0 Å². The lowest BCUT2D eigenvalue weighted by molar-refractivity contribution is -0.270. The summed E-state index contributed by atoms with van der Waals surface area (Å²) in [7, 11) is 0. The molecule has 4 N–H and O–H groups in total. The number of halogens is 4. The highest BCUT2D eigenvalue weighted by Crippen LogP contribution is 2.44. The van der Waals surface area contributed by atoms with Gasteiger partial charge >= 0.3 is 6.18 Å². The molecule has 1 saturated carbocycles. The highest BCUT2D eigenvalue weighted by atomic mass is 19.4. The predicted molar refractivity (Wildman–Crippen MR) is 143 cm³/mol. The van der Waals surface area contributed by atoms with Crippen molar-refractivity contribution in [3.05, 3.63) is 77.2 Å². The summed E-state index contributed by atoms with van der Waals surface area (Å²) in [5, 5.41) is 20.2. The number of aromatic nitrogens is 1. The molecule has 1 aromatic heterocycles. The Kier molecular flexibility index (Phi) is 8.72. The molecule has 3 aromatic rings. The fourth-order valence-electron chi connectivity index (χ4n) is 4.15. The Labute approximate surface area is 234 Å². The first-order chi connectivity index (χ1) is 19.2. The maximum Gasteiger partial charge on any atom is 0.422 e. The van der Waals surface area contributed by atoms with E-state index >= 15 is 0 Å². The molecule has 0 bridgehead atoms. The van der Waals surface area contributed by atoms with Crippen LogP contribution in [-0.2, 0) is 11.1 Å². The number of aliphatic hydroxyl groups is 2. The standard InChI is InChI=1S/C30H32F4N2O5/c1-28(2,35)20-16-23(18-3-6-21(31)7-4-18)36-27(17-20)29(39,30(32,33)34)12-11-24(38)19-5-10-25(40-14-13-37)26(15-19)41-22-8-9-22/h3-7,10,15-17,22,37,39H,8-9,11-14,35H2,1-2H3/t29-/m0/s1. The molecule has 1 aliphatic carbocycles. The number of hydrogen-bond donors (Lipinski definition) is 3. The van der Waals surface area contributed by atoms with Gasteiger partial charge in [-0.05, 0) is 93.3 Å². The van der Waals surface area contributed by atoms with Gasteiger partial charge in [0, 0.05) is 23.1 Å². The zero-order valence-electron chi connectivity index (χ0n) is 22.7. The molecule has 0 unspecified atom stereocenters. The summed E-state index contributed by atoms with van der Waals surface area (Å²) in [6, 6.07) is 11.8. The van der Waals surface area contributed by atoms with E-state index in [1.54, 1.807) is 13.8 Å². The van der Waals surface area contributed by atoms with Gasteiger partial charge in [-0.1, -0.05) is 0 Å². The first-order valence-electron chi connectivity index (χ1n) is 13.2. The predicted octanol–water partition coefficient (Wildman–Crippen LogP) is 5.41. The number of ether oxygens (including phenoxy) is 2. The lowest BCUT2D eigenvalue weighted by atomic mass is 9.86. The second-order valence-electron chi connectivity index (χ2n) is 10.7. The molecule has 41 heavy (non-hydrogen) atoms. The quantitative estimate of drug-likeness (QED) is 0.195. The summed E-state index contributed by atoms with van der Waals surface area (Å²) < 4.78 is 68.2. The second kappa shape index (κ2) is 11.8. The lowest BCUT2D eigenvalue weighted by Crippen LogP contribution is -2.44. The zero-order chi connectivity index (χ0) is 30.0. The van der Waals surface area contributed by atoms with Crippen molar-refractivity contribution in [2.24, 2.45) is 5.73 Å². The van der Waals surface area contributed by atoms with Crippen molar-refractivity contribution in [1.82, 2.24) is 4.98 Å². The molecule has 1 fully saturated rings. The summed E-state index contributed by atoms with van der Waals surface area (Å²) in [5.74, 6) is -0.640. The number of nitrogens with zero attached hydrogens (tertiary/aromatic N) is 1. The number of ketones is 1. The van der Waals surface area contributed by atoms with Crippen LogP contribution in [0.2, 0.25) is 0 Å². The highest BCUT2D eigenvalue weighted by Gasteiger charge is 2.56. The van der Waals surface area contributed by atoms with Gasteiger partial charge in [-0.25, -0.2) is 9.37 Å². The van der Waals surface area contributed by atoms with E-state index in [2.05, 4.69) is 4.98 Å². The third-order valence-corrected chi connectivity index (χ3v) is 6.75. The molecule has 1 heterocycles. The molecule has 7 nitrogen and oxygen atoms in total. The molecule has 2 aromatic carbocycles. The summed E-state index contributed by atoms with van der Waals surface area (Å²) in [6.45, 7) is 2.94. The molecule has 1 aliphatic rings. The van der Waals surface area contributed by atoms with E-state index in [1.165, 1.54) is 36.4 Å². The zero-order valence-corrected chi connectivity index (χ0v) is 22.7. The number of benzene rings is 2. The molecule has 1 atom stereocenters. The number of aliphatic hydroxyl groups excluding tert-OH is 1. The molecule has 0 saturated heterocycles. The van der Waals surface area contributed by atoms with Crippen molar-refractivity contribution in [1.29, 1.82) is 0 Å². The fraction of sp³-hybridized carbons (Fsp3) is 0.400. The molecule has 0 radical (unpaired) electrons. The van der Waals surface area contributed by atoms with Crippen molar-refractivity contribution in [2.45, 2.75) is 63.0 Å². The van der Waals surface area contributed by atoms with Crippen molar-refractivity contribution in [3.63, 3.8) is 0 Å². The van der Waals surface area contributed by atoms with Crippen LogP contribution in [0.15, 0.2) is 54.6 Å². The van der Waals surface area contributed by atoms with Gasteiger partial charge in [0.15, 0.2) is 17.3 Å². The SMILES string of the molecule is CC(C)(N)c1cc(-c2ccc(F)cc2)nc([C@@](O)(CCC(=O)c2ccc(OCCO)c(OC3CC3)c2)C(F)(F)F)c1. The van der Waals surface area contributed by atoms with Gasteiger partial charge in [0.05, 0.1) is 24.1 Å². The van der Waals surface area contributed by atoms with E-state index in [1.807, 2.05) is 0 Å². The van der Waals surface area contributed by atoms with E-state index in [4.69, 9.17) is 20.3 Å². The Bertz CT molecular complexity index is 1390. The molecule has 0 amide bonds. The van der Waals surface area contributed by atoms with Gasteiger partial charge in [-0.3, -0.25) is 4.79 Å². The van der Waals surface area contributed by atoms with Gasteiger partial charge in [0.1, 0.15) is 12.4 Å². The number of rotatable bonds is 12. The summed E-state index contributed by atoms with van der Waals surface area (Å²) in [4.78, 5) is 17.2. The largest absolute Gasteiger partial charge is 0.487 e. The molecule has 220 valence electrons. The summed E-state index contributed by atoms with van der Waals surface area (Å²) in [6.07, 6.45) is -5.28. The monoisotopic (exact) mass is 576 g/mol. The lowest BCUT2D eigenvalue weighted by Gasteiger charge is -2.32. The topological polar surface area (TPSA) is 115 Å². The number of carbonyl (C=O) groups is 1. The van der Waals surface area contributed by atoms with Crippen molar-refractivity contribution in [3.8, 4) is 22.8 Å². The number of hydrogen-bond acceptors (Lipinski definition) is 7. The summed E-state index contributed by atoms with van der Waals surface area (Å²) >= 11 is 0. The Morgan fingerprint density at radius 1 is 1.05 bits per heavy atom. The number of Topliss-reactive ketones (excluding diaryl/α,β-unsaturated/α-hetero) is 1. The van der Waals surface area contributed by atoms with E-state index in [0.717, 1.165) is 31.0 Å². The maximum absolute atomic E-state index is 14.5. The average molecular weight is 577 g/mol. The van der Waals surface area contributed by atoms with E-state index in [0.29, 0.717) is 11.3 Å². The molecule has 0 aliphatic heterocycles. The molecular formula is C30H32F4N2O5. The van der Waals surface area contributed by atoms with Crippen molar-refractivity contribution < 1.29 is 42.0 Å². The minimum Gasteiger partial charge on any atom is -0.487 e. The number of pyridine rings is 1. The van der Waals surface area contributed by atoms with Gasteiger partial charge in [-0.15, -0.1) is 0 Å². The molecule has 4 rings (SSSR count). The normalized spacial score (nSPS) is 15.3. The number of alkyl halides is 3. The fourth-order valence-corrected chi connectivity index (χ4v) is 4.15. The van der Waals surface area contributed by atoms with Crippen LogP contribution >= 0.6 is 0 Å². The van der Waals surface area contributed by atoms with Crippen LogP contribution in [0.1, 0.15) is 61.1 Å². The minimum absolute atomic E-state index is 0.00147. The summed E-state index contributed by atoms with van der Waals surface area (Å²) in [5.41, 5.74) is 1.61. The second-order valence-corrected chi connectivity index (χ2v) is 10.7. The van der Waals surface area contributed by atoms with E-state index < -0.39 is 47.5 Å². The first kappa shape index (κ1) is 30.4. The van der Waals surface area contributed by atoms with Crippen LogP contribution in [0.3, 0.4) is 0 Å². The molecule has 11 heteroatoms. The Hall–Kier alpha value is -3.54. The van der Waals surface area contributed by atoms with Crippen LogP contribution in [0.25, 0.3) is 11.3 Å². The maximum atomic E-state index is 14.5. The van der Waals surface area contributed by atoms with Crippen LogP contribution in [0.5, 0.6) is 11.5 Å². The third kappa shape index (κ3) is 7.22. The van der Waals surface area contributed by atoms with Crippen LogP contribution in [-0.4, -0.2) is 46.5 Å². The number of carbonyl (C=O) groups excluding carboxylic acids is 1. The van der Waals surface area contributed by atoms with Gasteiger partial charge in [0.2, 0.25) is 5.60 Å². The van der Waals surface area contributed by atoms with E-state index in [-0.39, 0.29) is 41.9 Å². The Morgan fingerprint density at radius 2 is 1.73 bits per heavy atom. The molecular weight excluding hydrogens is 544 g/mol. The van der Waals surface area contributed by atoms with E-state index in [9.17, 15) is 27.5 Å². The Morgan fingerprint density at radius 3 is 2.32 bits per heavy atom. The van der Waals surface area contributed by atoms with Gasteiger partial charge < -0.3 is 25.4 Å². The van der Waals surface area contributed by atoms with Crippen LogP contribution < -0.4 is 15.2 Å². The number of nitrogens with two attached hydrogens (primary N) is 1. The third-order valence-electron chi connectivity index (χ3n) is 6.75. The van der Waals surface area contributed by atoms with Crippen LogP contribution in [0, 0.1) is 5.82 Å². The Balaban J connectivity index is 1.66. The highest BCUT2D eigenvalue weighted by molar-refractivity contribution is 5.96.